The van der Waals surface area contributed by atoms with Crippen LogP contribution in [0.25, 0.3) is 0 Å². The SMILES string of the molecule is CN1C(=O)[C@@H](NC(=O)n2cc(Cc3cccc(F)c3)cn2)COc2ccc(OCc3nc(C(C)(C)O)cs3)cc21. The molecule has 0 radical (unpaired) electrons. The number of halogens is 1. The molecule has 2 aromatic heterocycles. The summed E-state index contributed by atoms with van der Waals surface area (Å²) in [4.78, 5) is 31.9. The van der Waals surface area contributed by atoms with Crippen molar-refractivity contribution in [1.29, 1.82) is 0 Å². The summed E-state index contributed by atoms with van der Waals surface area (Å²) in [5, 5.41) is 19.4. The largest absolute Gasteiger partial charge is 0.489 e. The molecular formula is C28H28FN5O5S. The van der Waals surface area contributed by atoms with E-state index in [0.717, 1.165) is 15.8 Å². The summed E-state index contributed by atoms with van der Waals surface area (Å²) in [6, 6.07) is 9.78. The highest BCUT2D eigenvalue weighted by atomic mass is 32.1. The monoisotopic (exact) mass is 565 g/mol. The molecule has 0 bridgehead atoms. The number of thiazole rings is 1. The van der Waals surface area contributed by atoms with E-state index in [2.05, 4.69) is 15.4 Å². The average Bonchev–Trinajstić information content (AvgIpc) is 3.57. The highest BCUT2D eigenvalue weighted by Crippen LogP contribution is 2.34. The Labute approximate surface area is 234 Å². The molecule has 12 heteroatoms. The minimum atomic E-state index is -1.03. The summed E-state index contributed by atoms with van der Waals surface area (Å²) in [5.74, 6) is 0.270. The van der Waals surface area contributed by atoms with Crippen LogP contribution in [0, 0.1) is 5.82 Å². The number of aliphatic hydroxyl groups is 1. The number of aromatic nitrogens is 3. The van der Waals surface area contributed by atoms with Crippen molar-refractivity contribution in [3.8, 4) is 11.5 Å². The standard InChI is InChI=1S/C28H28FN5O5S/c1-28(2,37)24-16-40-25(32-24)15-38-20-7-8-23-22(11-20)33(3)26(35)21(14-39-23)31-27(36)34-13-18(12-30-34)9-17-5-4-6-19(29)10-17/h4-8,10-13,16,21,37H,9,14-15H2,1-3H3,(H,31,36)/t21-/m0/s1. The first kappa shape index (κ1) is 27.3. The number of nitrogens with zero attached hydrogens (tertiary/aromatic N) is 4. The number of nitrogens with one attached hydrogen (secondary N) is 1. The van der Waals surface area contributed by atoms with Gasteiger partial charge in [0.2, 0.25) is 0 Å². The van der Waals surface area contributed by atoms with Gasteiger partial charge in [-0.05, 0) is 49.2 Å². The molecule has 1 atom stereocenters. The Kier molecular flexibility index (Phi) is 7.55. The van der Waals surface area contributed by atoms with Crippen LogP contribution in [0.1, 0.15) is 35.7 Å². The summed E-state index contributed by atoms with van der Waals surface area (Å²) in [7, 11) is 1.60. The molecule has 4 aromatic rings. The quantitative estimate of drug-likeness (QED) is 0.349. The van der Waals surface area contributed by atoms with Gasteiger partial charge in [0.15, 0.2) is 0 Å². The lowest BCUT2D eigenvalue weighted by molar-refractivity contribution is -0.120. The number of carbonyl (C=O) groups excluding carboxylic acids is 2. The van der Waals surface area contributed by atoms with Crippen molar-refractivity contribution in [2.75, 3.05) is 18.6 Å². The van der Waals surface area contributed by atoms with Gasteiger partial charge in [-0.15, -0.1) is 11.3 Å². The number of carbonyl (C=O) groups is 2. The Balaban J connectivity index is 1.22. The number of benzene rings is 2. The van der Waals surface area contributed by atoms with E-state index in [9.17, 15) is 19.1 Å². The number of likely N-dealkylation sites (N-methyl/N-ethyl adjacent to an activating group) is 1. The lowest BCUT2D eigenvalue weighted by atomic mass is 10.1. The fraction of sp³-hybridized carbons (Fsp3) is 0.286. The molecule has 0 spiro atoms. The minimum absolute atomic E-state index is 0.0711. The third kappa shape index (κ3) is 6.13. The Morgan fingerprint density at radius 2 is 2.10 bits per heavy atom. The molecular weight excluding hydrogens is 537 g/mol. The maximum absolute atomic E-state index is 13.5. The third-order valence-corrected chi connectivity index (χ3v) is 7.13. The topological polar surface area (TPSA) is 119 Å². The number of anilines is 1. The molecule has 2 N–H and O–H groups in total. The molecule has 1 aliphatic rings. The number of hydrogen-bond acceptors (Lipinski definition) is 8. The molecule has 10 nitrogen and oxygen atoms in total. The molecule has 3 heterocycles. The van der Waals surface area contributed by atoms with Crippen LogP contribution in [0.4, 0.5) is 14.9 Å². The van der Waals surface area contributed by atoms with E-state index in [4.69, 9.17) is 9.47 Å². The summed E-state index contributed by atoms with van der Waals surface area (Å²) in [6.07, 6.45) is 3.47. The van der Waals surface area contributed by atoms with Crippen LogP contribution in [0.15, 0.2) is 60.2 Å². The zero-order valence-electron chi connectivity index (χ0n) is 22.1. The van der Waals surface area contributed by atoms with Crippen molar-refractivity contribution in [3.05, 3.63) is 87.9 Å². The van der Waals surface area contributed by atoms with E-state index in [1.54, 1.807) is 56.6 Å². The molecule has 0 saturated carbocycles. The van der Waals surface area contributed by atoms with E-state index in [1.807, 2.05) is 0 Å². The van der Waals surface area contributed by atoms with Gasteiger partial charge in [0, 0.05) is 31.1 Å². The zero-order valence-corrected chi connectivity index (χ0v) is 22.9. The maximum atomic E-state index is 13.5. The first-order chi connectivity index (χ1) is 19.1. The average molecular weight is 566 g/mol. The van der Waals surface area contributed by atoms with Gasteiger partial charge in [-0.3, -0.25) is 4.79 Å². The lowest BCUT2D eigenvalue weighted by Gasteiger charge is -2.20. The Morgan fingerprint density at radius 1 is 1.27 bits per heavy atom. The molecule has 0 aliphatic carbocycles. The van der Waals surface area contributed by atoms with Gasteiger partial charge in [-0.1, -0.05) is 12.1 Å². The highest BCUT2D eigenvalue weighted by Gasteiger charge is 2.31. The Morgan fingerprint density at radius 3 is 2.85 bits per heavy atom. The van der Waals surface area contributed by atoms with Crippen molar-refractivity contribution in [3.63, 3.8) is 0 Å². The number of rotatable bonds is 7. The van der Waals surface area contributed by atoms with Crippen LogP contribution in [0.3, 0.4) is 0 Å². The van der Waals surface area contributed by atoms with Crippen LogP contribution in [-0.2, 0) is 23.4 Å². The summed E-state index contributed by atoms with van der Waals surface area (Å²) in [6.45, 7) is 3.47. The van der Waals surface area contributed by atoms with E-state index < -0.39 is 17.7 Å². The molecule has 5 rings (SSSR count). The first-order valence-corrected chi connectivity index (χ1v) is 13.4. The minimum Gasteiger partial charge on any atom is -0.489 e. The fourth-order valence-corrected chi connectivity index (χ4v) is 5.00. The van der Waals surface area contributed by atoms with E-state index in [1.165, 1.54) is 40.8 Å². The fourth-order valence-electron chi connectivity index (χ4n) is 4.13. The first-order valence-electron chi connectivity index (χ1n) is 12.5. The summed E-state index contributed by atoms with van der Waals surface area (Å²) in [5.41, 5.74) is 1.50. The predicted molar refractivity (Wildman–Crippen MR) is 146 cm³/mol. The summed E-state index contributed by atoms with van der Waals surface area (Å²) < 4.78 is 26.3. The van der Waals surface area contributed by atoms with Gasteiger partial charge >= 0.3 is 6.03 Å². The van der Waals surface area contributed by atoms with E-state index in [-0.39, 0.29) is 24.9 Å². The lowest BCUT2D eigenvalue weighted by Crippen LogP contribution is -2.50. The van der Waals surface area contributed by atoms with Gasteiger partial charge in [-0.2, -0.15) is 9.78 Å². The number of fused-ring (bicyclic) bond motifs is 1. The number of ether oxygens (including phenoxy) is 2. The van der Waals surface area contributed by atoms with Crippen LogP contribution in [-0.4, -0.2) is 51.5 Å². The number of hydrogen-bond donors (Lipinski definition) is 2. The van der Waals surface area contributed by atoms with Crippen LogP contribution in [0.5, 0.6) is 11.5 Å². The zero-order chi connectivity index (χ0) is 28.4. The molecule has 1 aliphatic heterocycles. The van der Waals surface area contributed by atoms with Gasteiger partial charge in [0.05, 0.1) is 17.6 Å². The van der Waals surface area contributed by atoms with Gasteiger partial charge in [0.1, 0.15) is 47.2 Å². The molecule has 0 saturated heterocycles. The second-order valence-corrected chi connectivity index (χ2v) is 10.9. The van der Waals surface area contributed by atoms with Gasteiger partial charge in [0.25, 0.3) is 5.91 Å². The highest BCUT2D eigenvalue weighted by molar-refractivity contribution is 7.09. The second kappa shape index (κ2) is 11.1. The molecule has 2 amide bonds. The van der Waals surface area contributed by atoms with Gasteiger partial charge < -0.3 is 24.8 Å². The van der Waals surface area contributed by atoms with Gasteiger partial charge in [-0.25, -0.2) is 14.2 Å². The summed E-state index contributed by atoms with van der Waals surface area (Å²) >= 11 is 1.39. The molecule has 0 unspecified atom stereocenters. The number of amides is 2. The van der Waals surface area contributed by atoms with Crippen molar-refractivity contribution < 1.29 is 28.6 Å². The van der Waals surface area contributed by atoms with Crippen molar-refractivity contribution >= 4 is 29.0 Å². The van der Waals surface area contributed by atoms with Crippen LogP contribution >= 0.6 is 11.3 Å². The normalized spacial score (nSPS) is 15.3. The third-order valence-electron chi connectivity index (χ3n) is 6.31. The predicted octanol–water partition coefficient (Wildman–Crippen LogP) is 3.86. The van der Waals surface area contributed by atoms with Crippen LogP contribution in [0.2, 0.25) is 0 Å². The molecule has 40 heavy (non-hydrogen) atoms. The second-order valence-electron chi connectivity index (χ2n) is 9.91. The van der Waals surface area contributed by atoms with Crippen molar-refractivity contribution in [2.24, 2.45) is 0 Å². The van der Waals surface area contributed by atoms with Crippen molar-refractivity contribution in [2.45, 2.75) is 38.5 Å². The van der Waals surface area contributed by atoms with Crippen LogP contribution < -0.4 is 19.7 Å². The smallest absolute Gasteiger partial charge is 0.342 e. The molecule has 0 fully saturated rings. The molecule has 2 aromatic carbocycles. The maximum Gasteiger partial charge on any atom is 0.342 e. The molecule has 208 valence electrons. The Bertz CT molecular complexity index is 1550. The van der Waals surface area contributed by atoms with E-state index in [0.29, 0.717) is 34.3 Å². The Hall–Kier alpha value is -4.29. The van der Waals surface area contributed by atoms with Crippen molar-refractivity contribution in [1.82, 2.24) is 20.1 Å². The van der Waals surface area contributed by atoms with E-state index >= 15 is 0 Å².